The van der Waals surface area contributed by atoms with Gasteiger partial charge in [-0.2, -0.15) is 0 Å². The van der Waals surface area contributed by atoms with Crippen LogP contribution in [-0.2, 0) is 0 Å². The van der Waals surface area contributed by atoms with Crippen LogP contribution in [-0.4, -0.2) is 13.2 Å². The Morgan fingerprint density at radius 1 is 0.356 bits per heavy atom. The maximum atomic E-state index is 6.25. The van der Waals surface area contributed by atoms with Gasteiger partial charge in [-0.15, -0.1) is 0 Å². The van der Waals surface area contributed by atoms with Gasteiger partial charge in [-0.25, -0.2) is 0 Å². The van der Waals surface area contributed by atoms with Crippen LogP contribution in [0.1, 0.15) is 13.8 Å². The zero-order valence-electron chi connectivity index (χ0n) is 25.8. The van der Waals surface area contributed by atoms with Crippen LogP contribution in [0, 0.1) is 5.41 Å². The number of nitrogens with zero attached hydrogens (tertiary/aromatic N) is 2. The van der Waals surface area contributed by atoms with Crippen molar-refractivity contribution in [2.75, 3.05) is 23.0 Å². The Balaban J connectivity index is 1.08. The lowest BCUT2D eigenvalue weighted by Crippen LogP contribution is -2.28. The fraction of sp³-hybridized carbons (Fsp3) is 0.122. The van der Waals surface area contributed by atoms with E-state index in [1.165, 1.54) is 0 Å². The normalized spacial score (nSPS) is 11.1. The van der Waals surface area contributed by atoms with E-state index >= 15 is 0 Å². The van der Waals surface area contributed by atoms with E-state index in [0.717, 1.165) is 45.6 Å². The minimum absolute atomic E-state index is 0.197. The van der Waals surface area contributed by atoms with Crippen molar-refractivity contribution in [3.63, 3.8) is 0 Å². The molecule has 0 atom stereocenters. The molecule has 6 aromatic rings. The summed E-state index contributed by atoms with van der Waals surface area (Å²) in [6.07, 6.45) is 0. The van der Waals surface area contributed by atoms with Gasteiger partial charge in [-0.1, -0.05) is 86.6 Å². The second kappa shape index (κ2) is 13.9. The predicted molar refractivity (Wildman–Crippen MR) is 187 cm³/mol. The van der Waals surface area contributed by atoms with Crippen LogP contribution >= 0.6 is 0 Å². The summed E-state index contributed by atoms with van der Waals surface area (Å²) in [7, 11) is 0. The zero-order valence-corrected chi connectivity index (χ0v) is 25.8. The second-order valence-corrected chi connectivity index (χ2v) is 11.7. The molecule has 45 heavy (non-hydrogen) atoms. The first-order valence-corrected chi connectivity index (χ1v) is 15.3. The summed E-state index contributed by atoms with van der Waals surface area (Å²) in [5.41, 5.74) is 6.38. The van der Waals surface area contributed by atoms with E-state index in [1.807, 2.05) is 48.5 Å². The summed E-state index contributed by atoms with van der Waals surface area (Å²) < 4.78 is 12.5. The molecule has 0 amide bonds. The fourth-order valence-electron chi connectivity index (χ4n) is 5.18. The van der Waals surface area contributed by atoms with Gasteiger partial charge in [0.1, 0.15) is 11.5 Å². The number of ether oxygens (including phenoxy) is 2. The molecule has 0 saturated heterocycles. The van der Waals surface area contributed by atoms with Gasteiger partial charge in [0, 0.05) is 39.5 Å². The van der Waals surface area contributed by atoms with E-state index in [2.05, 4.69) is 145 Å². The van der Waals surface area contributed by atoms with Crippen LogP contribution in [0.5, 0.6) is 11.5 Å². The third-order valence-electron chi connectivity index (χ3n) is 7.51. The van der Waals surface area contributed by atoms with Crippen molar-refractivity contribution in [2.24, 2.45) is 5.41 Å². The molecule has 224 valence electrons. The van der Waals surface area contributed by atoms with E-state index < -0.39 is 0 Å². The largest absolute Gasteiger partial charge is 0.493 e. The van der Waals surface area contributed by atoms with Crippen molar-refractivity contribution >= 4 is 34.1 Å². The molecule has 0 aliphatic heterocycles. The monoisotopic (exact) mass is 590 g/mol. The summed E-state index contributed by atoms with van der Waals surface area (Å²) >= 11 is 0. The molecular formula is C41H38N2O2. The first-order chi connectivity index (χ1) is 22.1. The van der Waals surface area contributed by atoms with Crippen LogP contribution in [0.15, 0.2) is 170 Å². The first-order valence-electron chi connectivity index (χ1n) is 15.3. The van der Waals surface area contributed by atoms with Crippen LogP contribution in [0.4, 0.5) is 34.1 Å². The molecule has 0 radical (unpaired) electrons. The van der Waals surface area contributed by atoms with Crippen molar-refractivity contribution in [3.05, 3.63) is 170 Å². The van der Waals surface area contributed by atoms with E-state index in [4.69, 9.17) is 9.47 Å². The highest BCUT2D eigenvalue weighted by molar-refractivity contribution is 5.77. The van der Waals surface area contributed by atoms with Gasteiger partial charge in [-0.05, 0) is 97.1 Å². The molecule has 0 aliphatic carbocycles. The Labute approximate surface area is 266 Å². The molecule has 4 heteroatoms. The lowest BCUT2D eigenvalue weighted by molar-refractivity contribution is 0.110. The predicted octanol–water partition coefficient (Wildman–Crippen LogP) is 11.1. The summed E-state index contributed by atoms with van der Waals surface area (Å²) in [5.74, 6) is 1.67. The molecule has 6 aromatic carbocycles. The number of hydrogen-bond donors (Lipinski definition) is 0. The zero-order chi connectivity index (χ0) is 30.9. The van der Waals surface area contributed by atoms with E-state index in [9.17, 15) is 0 Å². The van der Waals surface area contributed by atoms with E-state index in [-0.39, 0.29) is 5.41 Å². The topological polar surface area (TPSA) is 24.9 Å². The van der Waals surface area contributed by atoms with Gasteiger partial charge in [0.25, 0.3) is 0 Å². The number of benzene rings is 6. The molecule has 0 spiro atoms. The number of para-hydroxylation sites is 4. The lowest BCUT2D eigenvalue weighted by Gasteiger charge is -2.27. The molecule has 0 aromatic heterocycles. The smallest absolute Gasteiger partial charge is 0.119 e. The van der Waals surface area contributed by atoms with E-state index in [0.29, 0.717) is 13.2 Å². The van der Waals surface area contributed by atoms with Crippen molar-refractivity contribution < 1.29 is 9.47 Å². The van der Waals surface area contributed by atoms with Crippen molar-refractivity contribution in [1.82, 2.24) is 0 Å². The Hall–Kier alpha value is -5.48. The Kier molecular flexibility index (Phi) is 9.12. The van der Waals surface area contributed by atoms with Crippen molar-refractivity contribution in [2.45, 2.75) is 13.8 Å². The maximum Gasteiger partial charge on any atom is 0.119 e. The molecule has 0 heterocycles. The Morgan fingerprint density at radius 3 is 0.867 bits per heavy atom. The SMILES string of the molecule is CC(C)(COc1ccc(N(c2ccccc2)c2ccccc2)cc1)COc1ccc(N(c2ccccc2)c2ccccc2)cc1. The van der Waals surface area contributed by atoms with Gasteiger partial charge < -0.3 is 19.3 Å². The first kappa shape index (κ1) is 29.6. The fourth-order valence-corrected chi connectivity index (χ4v) is 5.18. The van der Waals surface area contributed by atoms with Crippen LogP contribution < -0.4 is 19.3 Å². The van der Waals surface area contributed by atoms with Crippen LogP contribution in [0.2, 0.25) is 0 Å². The molecular weight excluding hydrogens is 552 g/mol. The van der Waals surface area contributed by atoms with Crippen molar-refractivity contribution in [1.29, 1.82) is 0 Å². The molecule has 0 bridgehead atoms. The van der Waals surface area contributed by atoms with Gasteiger partial charge in [0.15, 0.2) is 0 Å². The number of rotatable bonds is 12. The van der Waals surface area contributed by atoms with E-state index in [1.54, 1.807) is 0 Å². The number of hydrogen-bond acceptors (Lipinski definition) is 4. The highest BCUT2D eigenvalue weighted by Crippen LogP contribution is 2.36. The standard InChI is InChI=1S/C41H38N2O2/c1-41(2,31-44-39-27-23-37(24-28-39)42(33-15-7-3-8-16-33)34-17-9-4-10-18-34)32-45-40-29-25-38(26-30-40)43(35-19-11-5-12-20-35)36-21-13-6-14-22-36/h3-30H,31-32H2,1-2H3. The summed E-state index contributed by atoms with van der Waals surface area (Å²) in [6, 6.07) is 58.2. The minimum atomic E-state index is -0.197. The summed E-state index contributed by atoms with van der Waals surface area (Å²) in [4.78, 5) is 4.48. The van der Waals surface area contributed by atoms with Crippen molar-refractivity contribution in [3.8, 4) is 11.5 Å². The lowest BCUT2D eigenvalue weighted by atomic mass is 9.96. The highest BCUT2D eigenvalue weighted by atomic mass is 16.5. The molecule has 6 rings (SSSR count). The third-order valence-corrected chi connectivity index (χ3v) is 7.51. The second-order valence-electron chi connectivity index (χ2n) is 11.7. The number of anilines is 6. The van der Waals surface area contributed by atoms with Crippen LogP contribution in [0.25, 0.3) is 0 Å². The summed E-state index contributed by atoms with van der Waals surface area (Å²) in [5, 5.41) is 0. The third kappa shape index (κ3) is 7.54. The molecule has 0 fully saturated rings. The van der Waals surface area contributed by atoms with Gasteiger partial charge in [-0.3, -0.25) is 0 Å². The van der Waals surface area contributed by atoms with Gasteiger partial charge in [0.2, 0.25) is 0 Å². The molecule has 0 unspecified atom stereocenters. The minimum Gasteiger partial charge on any atom is -0.493 e. The molecule has 0 aliphatic rings. The Bertz CT molecular complexity index is 1530. The van der Waals surface area contributed by atoms with Gasteiger partial charge in [0.05, 0.1) is 13.2 Å². The maximum absolute atomic E-state index is 6.25. The highest BCUT2D eigenvalue weighted by Gasteiger charge is 2.21. The average molecular weight is 591 g/mol. The molecule has 0 N–H and O–H groups in total. The Morgan fingerprint density at radius 2 is 0.600 bits per heavy atom. The van der Waals surface area contributed by atoms with Crippen LogP contribution in [0.3, 0.4) is 0 Å². The summed E-state index contributed by atoms with van der Waals surface area (Å²) in [6.45, 7) is 5.38. The quantitative estimate of drug-likeness (QED) is 0.142. The molecule has 0 saturated carbocycles. The van der Waals surface area contributed by atoms with Gasteiger partial charge >= 0.3 is 0 Å². The average Bonchev–Trinajstić information content (AvgIpc) is 3.10. The molecule has 4 nitrogen and oxygen atoms in total.